The molecule has 32 heavy (non-hydrogen) atoms. The molecule has 0 aliphatic heterocycles. The molecule has 6 aromatic carbocycles. The lowest BCUT2D eigenvalue weighted by Crippen LogP contribution is -1.91. The number of hydrogen-bond donors (Lipinski definition) is 0. The molecule has 0 bridgehead atoms. The van der Waals surface area contributed by atoms with Crippen molar-refractivity contribution in [2.45, 2.75) is 6.42 Å². The van der Waals surface area contributed by atoms with Crippen LogP contribution in [0.25, 0.3) is 63.6 Å². The summed E-state index contributed by atoms with van der Waals surface area (Å²) in [6.07, 6.45) is 1.00. The van der Waals surface area contributed by atoms with Crippen LogP contribution in [0.15, 0.2) is 97.1 Å². The molecule has 0 unspecified atom stereocenters. The summed E-state index contributed by atoms with van der Waals surface area (Å²) in [5, 5.41) is 11.2. The third kappa shape index (κ3) is 1.98. The minimum absolute atomic E-state index is 1.00. The average molecular weight is 423 g/mol. The van der Waals surface area contributed by atoms with Crippen molar-refractivity contribution in [2.24, 2.45) is 0 Å². The lowest BCUT2D eigenvalue weighted by Gasteiger charge is -2.16. The molecule has 0 fully saturated rings. The van der Waals surface area contributed by atoms with Gasteiger partial charge in [0.15, 0.2) is 0 Å². The van der Waals surface area contributed by atoms with Crippen molar-refractivity contribution in [1.82, 2.24) is 0 Å². The Kier molecular flexibility index (Phi) is 3.16. The Morgan fingerprint density at radius 2 is 1.12 bits per heavy atom. The number of fused-ring (bicyclic) bond motifs is 15. The summed E-state index contributed by atoms with van der Waals surface area (Å²) in [5.41, 5.74) is 5.78. The van der Waals surface area contributed by atoms with Crippen LogP contribution in [0.3, 0.4) is 0 Å². The SMILES string of the molecule is c1ccc2c(c1)Cc1c-2c2ccccc2c2c1c1ccccc1c1sc3ccccc3c12. The normalized spacial score (nSPS) is 12.9. The van der Waals surface area contributed by atoms with E-state index in [1.54, 1.807) is 0 Å². The van der Waals surface area contributed by atoms with Gasteiger partial charge in [0.25, 0.3) is 0 Å². The van der Waals surface area contributed by atoms with E-state index in [-0.39, 0.29) is 0 Å². The van der Waals surface area contributed by atoms with Gasteiger partial charge >= 0.3 is 0 Å². The van der Waals surface area contributed by atoms with Crippen LogP contribution in [0.2, 0.25) is 0 Å². The molecule has 0 N–H and O–H groups in total. The van der Waals surface area contributed by atoms with E-state index in [4.69, 9.17) is 0 Å². The zero-order valence-electron chi connectivity index (χ0n) is 17.4. The third-order valence-corrected chi connectivity index (χ3v) is 8.46. The van der Waals surface area contributed by atoms with Gasteiger partial charge < -0.3 is 0 Å². The van der Waals surface area contributed by atoms with E-state index < -0.39 is 0 Å². The van der Waals surface area contributed by atoms with Gasteiger partial charge in [0.1, 0.15) is 0 Å². The highest BCUT2D eigenvalue weighted by Crippen LogP contribution is 2.52. The highest BCUT2D eigenvalue weighted by atomic mass is 32.1. The predicted molar refractivity (Wildman–Crippen MR) is 140 cm³/mol. The van der Waals surface area contributed by atoms with Gasteiger partial charge in [0, 0.05) is 25.6 Å². The van der Waals surface area contributed by atoms with Gasteiger partial charge in [-0.3, -0.25) is 0 Å². The van der Waals surface area contributed by atoms with E-state index in [1.807, 2.05) is 11.3 Å². The minimum Gasteiger partial charge on any atom is -0.135 e. The smallest absolute Gasteiger partial charge is 0.0440 e. The predicted octanol–water partition coefficient (Wildman–Crippen LogP) is 9.09. The minimum atomic E-state index is 1.00. The van der Waals surface area contributed by atoms with Gasteiger partial charge in [-0.15, -0.1) is 11.3 Å². The number of rotatable bonds is 0. The van der Waals surface area contributed by atoms with Gasteiger partial charge in [0.2, 0.25) is 0 Å². The first-order chi connectivity index (χ1) is 15.9. The van der Waals surface area contributed by atoms with E-state index in [2.05, 4.69) is 97.1 Å². The van der Waals surface area contributed by atoms with Crippen molar-refractivity contribution in [1.29, 1.82) is 0 Å². The molecule has 1 heteroatoms. The average Bonchev–Trinajstić information content (AvgIpc) is 3.43. The van der Waals surface area contributed by atoms with E-state index >= 15 is 0 Å². The maximum atomic E-state index is 2.33. The van der Waals surface area contributed by atoms with Crippen LogP contribution in [0.4, 0.5) is 0 Å². The van der Waals surface area contributed by atoms with E-state index in [1.165, 1.54) is 74.7 Å². The Hall–Kier alpha value is -3.68. The van der Waals surface area contributed by atoms with Crippen LogP contribution < -0.4 is 0 Å². The molecule has 0 spiro atoms. The van der Waals surface area contributed by atoms with E-state index in [0.717, 1.165) is 6.42 Å². The number of benzene rings is 6. The highest BCUT2D eigenvalue weighted by molar-refractivity contribution is 7.27. The summed E-state index contributed by atoms with van der Waals surface area (Å²) in [6.45, 7) is 0. The lowest BCUT2D eigenvalue weighted by atomic mass is 9.87. The first-order valence-electron chi connectivity index (χ1n) is 11.2. The Bertz CT molecular complexity index is 1900. The summed E-state index contributed by atoms with van der Waals surface area (Å²) in [4.78, 5) is 0. The molecule has 1 aromatic heterocycles. The van der Waals surface area contributed by atoms with Gasteiger partial charge in [0.05, 0.1) is 0 Å². The van der Waals surface area contributed by atoms with Crippen LogP contribution in [-0.4, -0.2) is 0 Å². The molecule has 0 nitrogen and oxygen atoms in total. The maximum absolute atomic E-state index is 2.33. The van der Waals surface area contributed by atoms with Crippen molar-refractivity contribution < 1.29 is 0 Å². The second-order valence-electron chi connectivity index (χ2n) is 8.83. The molecule has 0 saturated heterocycles. The van der Waals surface area contributed by atoms with E-state index in [9.17, 15) is 0 Å². The zero-order chi connectivity index (χ0) is 20.8. The fourth-order valence-electron chi connectivity index (χ4n) is 6.02. The van der Waals surface area contributed by atoms with Crippen LogP contribution in [-0.2, 0) is 6.42 Å². The zero-order valence-corrected chi connectivity index (χ0v) is 18.2. The van der Waals surface area contributed by atoms with Gasteiger partial charge in [-0.25, -0.2) is 0 Å². The van der Waals surface area contributed by atoms with Crippen LogP contribution in [0.1, 0.15) is 11.1 Å². The number of thiophene rings is 1. The van der Waals surface area contributed by atoms with Gasteiger partial charge in [-0.05, 0) is 61.7 Å². The Labute approximate surface area is 189 Å². The lowest BCUT2D eigenvalue weighted by molar-refractivity contribution is 1.29. The van der Waals surface area contributed by atoms with Crippen molar-refractivity contribution >= 4 is 63.8 Å². The monoisotopic (exact) mass is 422 g/mol. The molecule has 1 aliphatic carbocycles. The molecule has 148 valence electrons. The molecule has 7 aromatic rings. The summed E-state index contributed by atoms with van der Waals surface area (Å²) in [7, 11) is 0. The molecule has 0 radical (unpaired) electrons. The molecule has 0 amide bonds. The standard InChI is InChI=1S/C31H18S/c1-2-10-19-18(9-1)17-25-27(19)20-11-3-4-12-21(20)29-28(25)22-13-5-6-14-23(22)31-30(29)24-15-7-8-16-26(24)32-31/h1-16H,17H2. The Morgan fingerprint density at radius 1 is 0.500 bits per heavy atom. The van der Waals surface area contributed by atoms with Gasteiger partial charge in [-0.2, -0.15) is 0 Å². The van der Waals surface area contributed by atoms with Crippen LogP contribution >= 0.6 is 11.3 Å². The van der Waals surface area contributed by atoms with E-state index in [0.29, 0.717) is 0 Å². The van der Waals surface area contributed by atoms with Crippen molar-refractivity contribution in [3.05, 3.63) is 108 Å². The fourth-order valence-corrected chi connectivity index (χ4v) is 7.27. The molecule has 8 rings (SSSR count). The molecule has 0 atom stereocenters. The second-order valence-corrected chi connectivity index (χ2v) is 9.88. The summed E-state index contributed by atoms with van der Waals surface area (Å²) < 4.78 is 2.78. The largest absolute Gasteiger partial charge is 0.135 e. The number of hydrogen-bond acceptors (Lipinski definition) is 1. The van der Waals surface area contributed by atoms with Crippen molar-refractivity contribution in [3.8, 4) is 11.1 Å². The topological polar surface area (TPSA) is 0 Å². The van der Waals surface area contributed by atoms with Crippen molar-refractivity contribution in [3.63, 3.8) is 0 Å². The van der Waals surface area contributed by atoms with Gasteiger partial charge in [-0.1, -0.05) is 91.0 Å². The molecule has 1 heterocycles. The summed E-state index contributed by atoms with van der Waals surface area (Å²) in [6, 6.07) is 36.0. The maximum Gasteiger partial charge on any atom is 0.0440 e. The van der Waals surface area contributed by atoms with Crippen molar-refractivity contribution in [2.75, 3.05) is 0 Å². The van der Waals surface area contributed by atoms with Crippen LogP contribution in [0.5, 0.6) is 0 Å². The summed E-state index contributed by atoms with van der Waals surface area (Å²) in [5.74, 6) is 0. The fraction of sp³-hybridized carbons (Fsp3) is 0.0323. The third-order valence-electron chi connectivity index (χ3n) is 7.26. The summed E-state index contributed by atoms with van der Waals surface area (Å²) >= 11 is 1.94. The second kappa shape index (κ2) is 5.97. The molecular weight excluding hydrogens is 404 g/mol. The first kappa shape index (κ1) is 16.9. The molecular formula is C31H18S. The highest BCUT2D eigenvalue weighted by Gasteiger charge is 2.26. The molecule has 0 saturated carbocycles. The Balaban J connectivity index is 1.78. The Morgan fingerprint density at radius 3 is 1.97 bits per heavy atom. The molecule has 1 aliphatic rings. The quantitative estimate of drug-likeness (QED) is 0.214. The van der Waals surface area contributed by atoms with Crippen LogP contribution in [0, 0.1) is 0 Å². The first-order valence-corrected chi connectivity index (χ1v) is 12.0.